The molecule has 0 N–H and O–H groups in total. The quantitative estimate of drug-likeness (QED) is 0.724. The standard InChI is InChI=1S/C8H5ClIN/c9-7-2-1-6(3-4-11)8(10)5-7/h1-2,5H,3H2. The van der Waals surface area contributed by atoms with E-state index in [2.05, 4.69) is 28.7 Å². The summed E-state index contributed by atoms with van der Waals surface area (Å²) < 4.78 is 1.05. The Balaban J connectivity index is 3.01. The van der Waals surface area contributed by atoms with E-state index < -0.39 is 0 Å². The lowest BCUT2D eigenvalue weighted by atomic mass is 10.2. The summed E-state index contributed by atoms with van der Waals surface area (Å²) in [5.41, 5.74) is 1.04. The van der Waals surface area contributed by atoms with Crippen molar-refractivity contribution in [3.63, 3.8) is 0 Å². The molecule has 1 aromatic carbocycles. The third-order valence-corrected chi connectivity index (χ3v) is 2.52. The van der Waals surface area contributed by atoms with Gasteiger partial charge in [-0.05, 0) is 40.3 Å². The molecule has 0 fully saturated rings. The first kappa shape index (κ1) is 8.82. The van der Waals surface area contributed by atoms with Gasteiger partial charge in [0.25, 0.3) is 0 Å². The van der Waals surface area contributed by atoms with Gasteiger partial charge in [0.15, 0.2) is 0 Å². The molecule has 0 unspecified atom stereocenters. The van der Waals surface area contributed by atoms with E-state index in [1.165, 1.54) is 0 Å². The second kappa shape index (κ2) is 3.93. The predicted octanol–water partition coefficient (Wildman–Crippen LogP) is 3.01. The SMILES string of the molecule is N#CCc1ccc(Cl)cc1I. The number of hydrogen-bond donors (Lipinski definition) is 0. The summed E-state index contributed by atoms with van der Waals surface area (Å²) in [4.78, 5) is 0. The third kappa shape index (κ3) is 2.35. The first-order valence-corrected chi connectivity index (χ1v) is 4.50. The molecular formula is C8H5ClIN. The fraction of sp³-hybridized carbons (Fsp3) is 0.125. The molecular weight excluding hydrogens is 272 g/mol. The molecule has 0 atom stereocenters. The highest BCUT2D eigenvalue weighted by atomic mass is 127. The van der Waals surface area contributed by atoms with E-state index in [0.717, 1.165) is 14.2 Å². The molecule has 0 aliphatic heterocycles. The third-order valence-electron chi connectivity index (χ3n) is 1.28. The molecule has 0 aliphatic carbocycles. The fourth-order valence-corrected chi connectivity index (χ4v) is 1.81. The first-order chi connectivity index (χ1) is 5.24. The summed E-state index contributed by atoms with van der Waals surface area (Å²) in [6.07, 6.45) is 0.454. The lowest BCUT2D eigenvalue weighted by Crippen LogP contribution is -1.85. The van der Waals surface area contributed by atoms with E-state index in [9.17, 15) is 0 Å². The van der Waals surface area contributed by atoms with Gasteiger partial charge in [0.1, 0.15) is 0 Å². The lowest BCUT2D eigenvalue weighted by Gasteiger charge is -1.98. The first-order valence-electron chi connectivity index (χ1n) is 3.05. The Kier molecular flexibility index (Phi) is 3.16. The van der Waals surface area contributed by atoms with E-state index in [1.54, 1.807) is 6.07 Å². The van der Waals surface area contributed by atoms with E-state index in [4.69, 9.17) is 16.9 Å². The number of hydrogen-bond acceptors (Lipinski definition) is 1. The number of nitrogens with zero attached hydrogens (tertiary/aromatic N) is 1. The Morgan fingerprint density at radius 2 is 2.27 bits per heavy atom. The Labute approximate surface area is 84.1 Å². The summed E-state index contributed by atoms with van der Waals surface area (Å²) in [6.45, 7) is 0. The molecule has 0 radical (unpaired) electrons. The van der Waals surface area contributed by atoms with E-state index in [-0.39, 0.29) is 0 Å². The number of halogens is 2. The average Bonchev–Trinajstić information content (AvgIpc) is 1.95. The Bertz CT molecular complexity index is 303. The minimum Gasteiger partial charge on any atom is -0.198 e. The van der Waals surface area contributed by atoms with Crippen molar-refractivity contribution in [1.82, 2.24) is 0 Å². The number of rotatable bonds is 1. The van der Waals surface area contributed by atoms with Gasteiger partial charge in [0, 0.05) is 8.59 Å². The van der Waals surface area contributed by atoms with Crippen molar-refractivity contribution in [1.29, 1.82) is 5.26 Å². The smallest absolute Gasteiger partial charge is 0.0670 e. The summed E-state index contributed by atoms with van der Waals surface area (Å²) in [5.74, 6) is 0. The van der Waals surface area contributed by atoms with Crippen molar-refractivity contribution in [3.05, 3.63) is 32.4 Å². The van der Waals surface area contributed by atoms with Gasteiger partial charge in [-0.15, -0.1) is 0 Å². The fourth-order valence-electron chi connectivity index (χ4n) is 0.750. The van der Waals surface area contributed by atoms with Crippen LogP contribution in [0.5, 0.6) is 0 Å². The Morgan fingerprint density at radius 3 is 2.82 bits per heavy atom. The predicted molar refractivity (Wildman–Crippen MR) is 53.5 cm³/mol. The molecule has 56 valence electrons. The molecule has 11 heavy (non-hydrogen) atoms. The molecule has 3 heteroatoms. The molecule has 0 amide bonds. The number of nitriles is 1. The van der Waals surface area contributed by atoms with Crippen molar-refractivity contribution < 1.29 is 0 Å². The molecule has 0 spiro atoms. The van der Waals surface area contributed by atoms with Gasteiger partial charge in [-0.1, -0.05) is 17.7 Å². The molecule has 0 saturated carbocycles. The largest absolute Gasteiger partial charge is 0.198 e. The zero-order chi connectivity index (χ0) is 8.27. The summed E-state index contributed by atoms with van der Waals surface area (Å²) in [6, 6.07) is 7.64. The topological polar surface area (TPSA) is 23.8 Å². The molecule has 0 aromatic heterocycles. The minimum absolute atomic E-state index is 0.454. The number of benzene rings is 1. The van der Waals surface area contributed by atoms with E-state index in [1.807, 2.05) is 12.1 Å². The highest BCUT2D eigenvalue weighted by molar-refractivity contribution is 14.1. The molecule has 0 bridgehead atoms. The average molecular weight is 277 g/mol. The van der Waals surface area contributed by atoms with Crippen LogP contribution >= 0.6 is 34.2 Å². The van der Waals surface area contributed by atoms with Gasteiger partial charge in [-0.3, -0.25) is 0 Å². The Morgan fingerprint density at radius 1 is 1.55 bits per heavy atom. The van der Waals surface area contributed by atoms with Crippen LogP contribution in [0.1, 0.15) is 5.56 Å². The molecule has 0 aliphatic rings. The molecule has 0 saturated heterocycles. The second-order valence-electron chi connectivity index (χ2n) is 2.07. The van der Waals surface area contributed by atoms with Crippen LogP contribution in [0.3, 0.4) is 0 Å². The molecule has 0 heterocycles. The van der Waals surface area contributed by atoms with Crippen LogP contribution in [0.2, 0.25) is 5.02 Å². The highest BCUT2D eigenvalue weighted by Gasteiger charge is 1.98. The zero-order valence-corrected chi connectivity index (χ0v) is 8.56. The normalized spacial score (nSPS) is 9.18. The van der Waals surface area contributed by atoms with E-state index in [0.29, 0.717) is 6.42 Å². The van der Waals surface area contributed by atoms with Crippen molar-refractivity contribution in [2.24, 2.45) is 0 Å². The van der Waals surface area contributed by atoms with Crippen LogP contribution in [0.25, 0.3) is 0 Å². The van der Waals surface area contributed by atoms with Gasteiger partial charge in [-0.25, -0.2) is 0 Å². The zero-order valence-electron chi connectivity index (χ0n) is 5.64. The van der Waals surface area contributed by atoms with Gasteiger partial charge < -0.3 is 0 Å². The van der Waals surface area contributed by atoms with Crippen LogP contribution in [0.4, 0.5) is 0 Å². The maximum absolute atomic E-state index is 8.43. The van der Waals surface area contributed by atoms with Gasteiger partial charge in [-0.2, -0.15) is 5.26 Å². The van der Waals surface area contributed by atoms with E-state index >= 15 is 0 Å². The van der Waals surface area contributed by atoms with Crippen LogP contribution in [0.15, 0.2) is 18.2 Å². The molecule has 1 rings (SSSR count). The van der Waals surface area contributed by atoms with Crippen molar-refractivity contribution in [3.8, 4) is 6.07 Å². The molecule has 1 nitrogen and oxygen atoms in total. The maximum atomic E-state index is 8.43. The maximum Gasteiger partial charge on any atom is 0.0670 e. The highest BCUT2D eigenvalue weighted by Crippen LogP contribution is 2.17. The summed E-state index contributed by atoms with van der Waals surface area (Å²) >= 11 is 7.90. The summed E-state index contributed by atoms with van der Waals surface area (Å²) in [7, 11) is 0. The van der Waals surface area contributed by atoms with Crippen molar-refractivity contribution in [2.75, 3.05) is 0 Å². The van der Waals surface area contributed by atoms with Crippen LogP contribution < -0.4 is 0 Å². The lowest BCUT2D eigenvalue weighted by molar-refractivity contribution is 1.24. The van der Waals surface area contributed by atoms with Crippen molar-refractivity contribution in [2.45, 2.75) is 6.42 Å². The van der Waals surface area contributed by atoms with Crippen LogP contribution in [-0.4, -0.2) is 0 Å². The van der Waals surface area contributed by atoms with Crippen LogP contribution in [-0.2, 0) is 6.42 Å². The summed E-state index contributed by atoms with van der Waals surface area (Å²) in [5, 5.41) is 9.15. The monoisotopic (exact) mass is 277 g/mol. The minimum atomic E-state index is 0.454. The van der Waals surface area contributed by atoms with Gasteiger partial charge in [0.2, 0.25) is 0 Å². The second-order valence-corrected chi connectivity index (χ2v) is 3.67. The van der Waals surface area contributed by atoms with Gasteiger partial charge in [0.05, 0.1) is 12.5 Å². The van der Waals surface area contributed by atoms with Crippen molar-refractivity contribution >= 4 is 34.2 Å². The molecule has 1 aromatic rings. The van der Waals surface area contributed by atoms with Gasteiger partial charge >= 0.3 is 0 Å². The Hall–Kier alpha value is -0.270. The van der Waals surface area contributed by atoms with Crippen LogP contribution in [0, 0.1) is 14.9 Å².